The zero-order valence-electron chi connectivity index (χ0n) is 10.7. The summed E-state index contributed by atoms with van der Waals surface area (Å²) < 4.78 is 1.47. The number of pyridine rings is 1. The number of nitrogens with one attached hydrogen (secondary N) is 2. The Morgan fingerprint density at radius 1 is 1.60 bits per heavy atom. The number of carbonyl (C=O) groups excluding carboxylic acids is 1. The lowest BCUT2D eigenvalue weighted by Crippen LogP contribution is -2.38. The number of halogens is 1. The molecule has 0 aliphatic rings. The number of nitrogens with zero attached hydrogens (tertiary/aromatic N) is 3. The maximum Gasteiger partial charge on any atom is 0.319 e. The highest BCUT2D eigenvalue weighted by atomic mass is 35.5. The van der Waals surface area contributed by atoms with E-state index in [0.29, 0.717) is 16.5 Å². The Kier molecular flexibility index (Phi) is 4.54. The SMILES string of the molecule is C[C@@H](CO)NC(=O)Nc1cnn(-c2ncccc2Cl)c1. The fraction of sp³-hybridized carbons (Fsp3) is 0.250. The van der Waals surface area contributed by atoms with Crippen LogP contribution in [0.1, 0.15) is 6.92 Å². The predicted octanol–water partition coefficient (Wildman–Crippen LogP) is 1.42. The van der Waals surface area contributed by atoms with Crippen LogP contribution in [0.3, 0.4) is 0 Å². The van der Waals surface area contributed by atoms with Crippen molar-refractivity contribution in [1.82, 2.24) is 20.1 Å². The lowest BCUT2D eigenvalue weighted by atomic mass is 10.4. The maximum atomic E-state index is 11.6. The molecule has 2 aromatic heterocycles. The first-order valence-corrected chi connectivity index (χ1v) is 6.32. The Morgan fingerprint density at radius 2 is 2.40 bits per heavy atom. The predicted molar refractivity (Wildman–Crippen MR) is 75.1 cm³/mol. The normalized spacial score (nSPS) is 11.9. The lowest BCUT2D eigenvalue weighted by molar-refractivity contribution is 0.229. The van der Waals surface area contributed by atoms with Crippen molar-refractivity contribution in [1.29, 1.82) is 0 Å². The van der Waals surface area contributed by atoms with E-state index in [1.807, 2.05) is 0 Å². The van der Waals surface area contributed by atoms with Crippen LogP contribution in [0.25, 0.3) is 5.82 Å². The first-order valence-electron chi connectivity index (χ1n) is 5.94. The Labute approximate surface area is 120 Å². The summed E-state index contributed by atoms with van der Waals surface area (Å²) in [4.78, 5) is 15.7. The van der Waals surface area contributed by atoms with Gasteiger partial charge in [-0.2, -0.15) is 5.10 Å². The van der Waals surface area contributed by atoms with Crippen LogP contribution in [-0.2, 0) is 0 Å². The lowest BCUT2D eigenvalue weighted by Gasteiger charge is -2.10. The number of rotatable bonds is 4. The van der Waals surface area contributed by atoms with Gasteiger partial charge in [0, 0.05) is 6.20 Å². The number of aliphatic hydroxyl groups is 1. The van der Waals surface area contributed by atoms with Gasteiger partial charge in [-0.25, -0.2) is 14.5 Å². The van der Waals surface area contributed by atoms with Crippen molar-refractivity contribution >= 4 is 23.3 Å². The number of carbonyl (C=O) groups is 1. The van der Waals surface area contributed by atoms with E-state index in [2.05, 4.69) is 20.7 Å². The molecule has 3 N–H and O–H groups in total. The van der Waals surface area contributed by atoms with Crippen molar-refractivity contribution in [3.05, 3.63) is 35.7 Å². The van der Waals surface area contributed by atoms with Crippen LogP contribution in [0.15, 0.2) is 30.7 Å². The zero-order chi connectivity index (χ0) is 14.5. The number of amides is 2. The van der Waals surface area contributed by atoms with E-state index in [-0.39, 0.29) is 12.6 Å². The summed E-state index contributed by atoms with van der Waals surface area (Å²) >= 11 is 6.01. The van der Waals surface area contributed by atoms with Gasteiger partial charge in [0.15, 0.2) is 5.82 Å². The molecule has 0 saturated carbocycles. The summed E-state index contributed by atoms with van der Waals surface area (Å²) in [6.07, 6.45) is 4.68. The van der Waals surface area contributed by atoms with Crippen LogP contribution in [0.4, 0.5) is 10.5 Å². The number of aliphatic hydroxyl groups excluding tert-OH is 1. The van der Waals surface area contributed by atoms with Crippen LogP contribution in [-0.4, -0.2) is 38.6 Å². The zero-order valence-corrected chi connectivity index (χ0v) is 11.5. The van der Waals surface area contributed by atoms with Gasteiger partial charge >= 0.3 is 6.03 Å². The molecule has 20 heavy (non-hydrogen) atoms. The van der Waals surface area contributed by atoms with Crippen LogP contribution >= 0.6 is 11.6 Å². The Bertz CT molecular complexity index is 601. The molecule has 0 bridgehead atoms. The first kappa shape index (κ1) is 14.3. The van der Waals surface area contributed by atoms with E-state index in [4.69, 9.17) is 16.7 Å². The molecule has 0 spiro atoms. The van der Waals surface area contributed by atoms with Gasteiger partial charge in [-0.3, -0.25) is 0 Å². The molecule has 2 amide bonds. The molecule has 2 heterocycles. The molecular formula is C12H14ClN5O2. The van der Waals surface area contributed by atoms with Gasteiger partial charge in [-0.15, -0.1) is 0 Å². The molecule has 0 aliphatic carbocycles. The van der Waals surface area contributed by atoms with E-state index in [1.54, 1.807) is 31.5 Å². The number of hydrogen-bond donors (Lipinski definition) is 3. The minimum absolute atomic E-state index is 0.129. The monoisotopic (exact) mass is 295 g/mol. The molecule has 0 radical (unpaired) electrons. The summed E-state index contributed by atoms with van der Waals surface area (Å²) in [6.45, 7) is 1.56. The van der Waals surface area contributed by atoms with Crippen LogP contribution in [0.5, 0.6) is 0 Å². The smallest absolute Gasteiger partial charge is 0.319 e. The minimum atomic E-state index is -0.418. The van der Waals surface area contributed by atoms with Crippen LogP contribution in [0.2, 0.25) is 5.02 Å². The molecule has 7 nitrogen and oxygen atoms in total. The van der Waals surface area contributed by atoms with E-state index < -0.39 is 6.03 Å². The Morgan fingerprint density at radius 3 is 3.10 bits per heavy atom. The molecule has 0 aromatic carbocycles. The van der Waals surface area contributed by atoms with E-state index in [1.165, 1.54) is 10.9 Å². The standard InChI is InChI=1S/C12H14ClN5O2/c1-8(7-19)16-12(20)17-9-5-15-18(6-9)11-10(13)3-2-4-14-11/h2-6,8,19H,7H2,1H3,(H2,16,17,20)/t8-/m0/s1. The summed E-state index contributed by atoms with van der Waals surface area (Å²) in [5.74, 6) is 0.478. The number of hydrogen-bond acceptors (Lipinski definition) is 4. The second-order valence-corrected chi connectivity index (χ2v) is 4.57. The van der Waals surface area contributed by atoms with Gasteiger partial charge in [-0.1, -0.05) is 11.6 Å². The van der Waals surface area contributed by atoms with Gasteiger partial charge < -0.3 is 15.7 Å². The average Bonchev–Trinajstić information content (AvgIpc) is 2.87. The fourth-order valence-electron chi connectivity index (χ4n) is 1.49. The molecule has 0 fully saturated rings. The average molecular weight is 296 g/mol. The molecule has 0 aliphatic heterocycles. The summed E-state index contributed by atoms with van der Waals surface area (Å²) in [5.41, 5.74) is 0.495. The number of urea groups is 1. The molecule has 0 saturated heterocycles. The van der Waals surface area contributed by atoms with Crippen molar-refractivity contribution in [2.75, 3.05) is 11.9 Å². The van der Waals surface area contributed by atoms with E-state index >= 15 is 0 Å². The van der Waals surface area contributed by atoms with Crippen molar-refractivity contribution < 1.29 is 9.90 Å². The summed E-state index contributed by atoms with van der Waals surface area (Å²) in [6, 6.07) is 2.68. The van der Waals surface area contributed by atoms with E-state index in [9.17, 15) is 4.79 Å². The third kappa shape index (κ3) is 3.46. The maximum absolute atomic E-state index is 11.6. The summed E-state index contributed by atoms with van der Waals surface area (Å²) in [5, 5.41) is 18.5. The molecule has 8 heteroatoms. The second-order valence-electron chi connectivity index (χ2n) is 4.16. The molecule has 2 aromatic rings. The van der Waals surface area contributed by atoms with Crippen LogP contribution in [0, 0.1) is 0 Å². The van der Waals surface area contributed by atoms with E-state index in [0.717, 1.165) is 0 Å². The summed E-state index contributed by atoms with van der Waals surface area (Å²) in [7, 11) is 0. The molecule has 1 atom stereocenters. The Balaban J connectivity index is 2.06. The van der Waals surface area contributed by atoms with Crippen molar-refractivity contribution in [3.63, 3.8) is 0 Å². The number of anilines is 1. The van der Waals surface area contributed by atoms with Gasteiger partial charge in [-0.05, 0) is 19.1 Å². The van der Waals surface area contributed by atoms with Crippen molar-refractivity contribution in [2.45, 2.75) is 13.0 Å². The van der Waals surface area contributed by atoms with Crippen molar-refractivity contribution in [3.8, 4) is 5.82 Å². The topological polar surface area (TPSA) is 92.1 Å². The number of aromatic nitrogens is 3. The highest BCUT2D eigenvalue weighted by Gasteiger charge is 2.09. The molecule has 0 unspecified atom stereocenters. The largest absolute Gasteiger partial charge is 0.394 e. The highest BCUT2D eigenvalue weighted by molar-refractivity contribution is 6.32. The quantitative estimate of drug-likeness (QED) is 0.795. The second kappa shape index (κ2) is 6.36. The third-order valence-corrected chi connectivity index (χ3v) is 2.74. The highest BCUT2D eigenvalue weighted by Crippen LogP contribution is 2.17. The van der Waals surface area contributed by atoms with Gasteiger partial charge in [0.2, 0.25) is 0 Å². The Hall–Kier alpha value is -2.12. The third-order valence-electron chi connectivity index (χ3n) is 2.45. The van der Waals surface area contributed by atoms with Crippen LogP contribution < -0.4 is 10.6 Å². The minimum Gasteiger partial charge on any atom is -0.394 e. The van der Waals surface area contributed by atoms with Crippen molar-refractivity contribution in [2.24, 2.45) is 0 Å². The molecule has 106 valence electrons. The molecular weight excluding hydrogens is 282 g/mol. The first-order chi connectivity index (χ1) is 9.60. The van der Waals surface area contributed by atoms with Gasteiger partial charge in [0.1, 0.15) is 0 Å². The molecule has 2 rings (SSSR count). The fourth-order valence-corrected chi connectivity index (χ4v) is 1.69. The van der Waals surface area contributed by atoms with Gasteiger partial charge in [0.05, 0.1) is 35.8 Å². The van der Waals surface area contributed by atoms with Gasteiger partial charge in [0.25, 0.3) is 0 Å².